The lowest BCUT2D eigenvalue weighted by Gasteiger charge is -2.19. The molecular weight excluding hydrogens is 366 g/mol. The molecule has 8 nitrogen and oxygen atoms in total. The fraction of sp³-hybridized carbons (Fsp3) is 0.250. The first-order chi connectivity index (χ1) is 13.3. The lowest BCUT2D eigenvalue weighted by molar-refractivity contribution is -0.159. The second-order valence-corrected chi connectivity index (χ2v) is 5.73. The topological polar surface area (TPSA) is 136 Å². The monoisotopic (exact) mass is 389 g/mol. The van der Waals surface area contributed by atoms with Gasteiger partial charge < -0.3 is 25.4 Å². The normalized spacial score (nSPS) is 12.1. The van der Waals surface area contributed by atoms with Gasteiger partial charge in [0.2, 0.25) is 0 Å². The molecule has 2 rings (SSSR count). The minimum Gasteiger partial charge on any atom is -0.473 e. The molecular formula is C20H23NO7. The molecule has 0 bridgehead atoms. The molecule has 2 aromatic rings. The first-order valence-corrected chi connectivity index (χ1v) is 8.39. The van der Waals surface area contributed by atoms with Gasteiger partial charge in [-0.1, -0.05) is 60.7 Å². The molecule has 0 aliphatic rings. The highest BCUT2D eigenvalue weighted by Gasteiger charge is 2.23. The summed E-state index contributed by atoms with van der Waals surface area (Å²) in [6, 6.07) is 18.5. The molecule has 2 atom stereocenters. The van der Waals surface area contributed by atoms with Gasteiger partial charge in [0.25, 0.3) is 0 Å². The van der Waals surface area contributed by atoms with Crippen molar-refractivity contribution in [2.24, 2.45) is 5.73 Å². The van der Waals surface area contributed by atoms with E-state index in [1.165, 1.54) is 0 Å². The van der Waals surface area contributed by atoms with Gasteiger partial charge in [-0.3, -0.25) is 4.79 Å². The lowest BCUT2D eigenvalue weighted by Crippen LogP contribution is -2.42. The Labute approximate surface area is 162 Å². The predicted molar refractivity (Wildman–Crippen MR) is 100 cm³/mol. The van der Waals surface area contributed by atoms with Crippen LogP contribution in [0.5, 0.6) is 0 Å². The fourth-order valence-electron chi connectivity index (χ4n) is 1.92. The molecule has 0 spiro atoms. The van der Waals surface area contributed by atoms with Crippen molar-refractivity contribution >= 4 is 17.9 Å². The highest BCUT2D eigenvalue weighted by molar-refractivity contribution is 6.27. The zero-order chi connectivity index (χ0) is 20.9. The third-order valence-corrected chi connectivity index (χ3v) is 3.54. The smallest absolute Gasteiger partial charge is 0.414 e. The van der Waals surface area contributed by atoms with Gasteiger partial charge in [0.15, 0.2) is 0 Å². The number of hydrogen-bond acceptors (Lipinski definition) is 6. The van der Waals surface area contributed by atoms with Gasteiger partial charge in [-0.2, -0.15) is 0 Å². The summed E-state index contributed by atoms with van der Waals surface area (Å²) in [5.41, 5.74) is 7.86. The summed E-state index contributed by atoms with van der Waals surface area (Å²) < 4.78 is 10.9. The molecule has 0 aromatic heterocycles. The first-order valence-electron chi connectivity index (χ1n) is 8.39. The number of rotatable bonds is 7. The van der Waals surface area contributed by atoms with Crippen LogP contribution in [0.2, 0.25) is 0 Å². The highest BCUT2D eigenvalue weighted by Crippen LogP contribution is 2.07. The standard InChI is InChI=1S/C18H21NO3.C2H2O4/c1-14(21-12-15-8-4-2-5-9-15)17(19)18(20)22-13-16-10-6-3-7-11-16;3-1(4)2(5)6/h2-11,14,17H,12-13,19H2,1H3;(H,3,4)(H,5,6)/t14-,17+;/m1./s1. The van der Waals surface area contributed by atoms with Crippen LogP contribution in [0.15, 0.2) is 60.7 Å². The maximum absolute atomic E-state index is 11.9. The molecule has 4 N–H and O–H groups in total. The second-order valence-electron chi connectivity index (χ2n) is 5.73. The van der Waals surface area contributed by atoms with E-state index in [4.69, 9.17) is 35.0 Å². The van der Waals surface area contributed by atoms with Crippen LogP contribution in [0.4, 0.5) is 0 Å². The van der Waals surface area contributed by atoms with E-state index in [1.54, 1.807) is 6.92 Å². The summed E-state index contributed by atoms with van der Waals surface area (Å²) in [6.45, 7) is 2.41. The summed E-state index contributed by atoms with van der Waals surface area (Å²) in [5, 5.41) is 14.8. The molecule has 28 heavy (non-hydrogen) atoms. The van der Waals surface area contributed by atoms with E-state index in [-0.39, 0.29) is 6.61 Å². The van der Waals surface area contributed by atoms with Crippen molar-refractivity contribution in [1.82, 2.24) is 0 Å². The SMILES string of the molecule is C[C@@H](OCc1ccccc1)[C@H](N)C(=O)OCc1ccccc1.O=C(O)C(=O)O. The van der Waals surface area contributed by atoms with Crippen LogP contribution in [-0.4, -0.2) is 40.3 Å². The Balaban J connectivity index is 0.000000568. The Hall–Kier alpha value is -3.23. The van der Waals surface area contributed by atoms with Crippen molar-refractivity contribution < 1.29 is 34.1 Å². The number of ether oxygens (including phenoxy) is 2. The molecule has 2 aromatic carbocycles. The zero-order valence-corrected chi connectivity index (χ0v) is 15.4. The summed E-state index contributed by atoms with van der Waals surface area (Å²) in [5.74, 6) is -4.10. The summed E-state index contributed by atoms with van der Waals surface area (Å²) >= 11 is 0. The van der Waals surface area contributed by atoms with Crippen LogP contribution in [0.3, 0.4) is 0 Å². The second kappa shape index (κ2) is 12.2. The number of carbonyl (C=O) groups excluding carboxylic acids is 1. The molecule has 150 valence electrons. The van der Waals surface area contributed by atoms with Gasteiger partial charge in [-0.15, -0.1) is 0 Å². The van der Waals surface area contributed by atoms with Gasteiger partial charge in [0.05, 0.1) is 12.7 Å². The molecule has 0 saturated carbocycles. The number of carboxylic acid groups (broad SMARTS) is 2. The van der Waals surface area contributed by atoms with Crippen molar-refractivity contribution in [1.29, 1.82) is 0 Å². The van der Waals surface area contributed by atoms with Crippen LogP contribution in [-0.2, 0) is 37.1 Å². The number of esters is 1. The average Bonchev–Trinajstić information content (AvgIpc) is 2.71. The molecule has 0 radical (unpaired) electrons. The quantitative estimate of drug-likeness (QED) is 0.482. The van der Waals surface area contributed by atoms with Crippen LogP contribution in [0.25, 0.3) is 0 Å². The van der Waals surface area contributed by atoms with Gasteiger partial charge in [0, 0.05) is 0 Å². The Bertz CT molecular complexity index is 738. The fourth-order valence-corrected chi connectivity index (χ4v) is 1.92. The summed E-state index contributed by atoms with van der Waals surface area (Å²) in [7, 11) is 0. The molecule has 0 saturated heterocycles. The molecule has 0 heterocycles. The van der Waals surface area contributed by atoms with E-state index in [0.717, 1.165) is 11.1 Å². The van der Waals surface area contributed by atoms with Crippen LogP contribution >= 0.6 is 0 Å². The van der Waals surface area contributed by atoms with Gasteiger partial charge >= 0.3 is 17.9 Å². The molecule has 8 heteroatoms. The zero-order valence-electron chi connectivity index (χ0n) is 15.4. The predicted octanol–water partition coefficient (Wildman–Crippen LogP) is 1.82. The number of carboxylic acids is 2. The molecule has 0 unspecified atom stereocenters. The maximum atomic E-state index is 11.9. The molecule has 0 aliphatic carbocycles. The van der Waals surface area contributed by atoms with Crippen LogP contribution in [0, 0.1) is 0 Å². The molecule has 0 amide bonds. The van der Waals surface area contributed by atoms with E-state index < -0.39 is 30.1 Å². The van der Waals surface area contributed by atoms with E-state index in [1.807, 2.05) is 60.7 Å². The number of carbonyl (C=O) groups is 3. The average molecular weight is 389 g/mol. The third kappa shape index (κ3) is 8.93. The van der Waals surface area contributed by atoms with Crippen molar-refractivity contribution in [2.75, 3.05) is 0 Å². The summed E-state index contributed by atoms with van der Waals surface area (Å²) in [4.78, 5) is 30.1. The number of hydrogen-bond donors (Lipinski definition) is 3. The Morgan fingerprint density at radius 1 is 0.857 bits per heavy atom. The Morgan fingerprint density at radius 3 is 1.71 bits per heavy atom. The van der Waals surface area contributed by atoms with E-state index in [2.05, 4.69) is 0 Å². The number of benzene rings is 2. The van der Waals surface area contributed by atoms with E-state index in [0.29, 0.717) is 6.61 Å². The maximum Gasteiger partial charge on any atom is 0.414 e. The highest BCUT2D eigenvalue weighted by atomic mass is 16.5. The van der Waals surface area contributed by atoms with Crippen molar-refractivity contribution in [2.45, 2.75) is 32.3 Å². The Morgan fingerprint density at radius 2 is 1.29 bits per heavy atom. The van der Waals surface area contributed by atoms with Gasteiger partial charge in [0.1, 0.15) is 12.6 Å². The summed E-state index contributed by atoms with van der Waals surface area (Å²) in [6.07, 6.45) is -0.413. The van der Waals surface area contributed by atoms with Crippen molar-refractivity contribution in [3.8, 4) is 0 Å². The van der Waals surface area contributed by atoms with Crippen molar-refractivity contribution in [3.05, 3.63) is 71.8 Å². The largest absolute Gasteiger partial charge is 0.473 e. The van der Waals surface area contributed by atoms with E-state index in [9.17, 15) is 4.79 Å². The molecule has 0 aliphatic heterocycles. The minimum atomic E-state index is -1.82. The third-order valence-electron chi connectivity index (χ3n) is 3.54. The van der Waals surface area contributed by atoms with Gasteiger partial charge in [-0.25, -0.2) is 9.59 Å². The van der Waals surface area contributed by atoms with Gasteiger partial charge in [-0.05, 0) is 18.1 Å². The number of nitrogens with two attached hydrogens (primary N) is 1. The minimum absolute atomic E-state index is 0.221. The van der Waals surface area contributed by atoms with E-state index >= 15 is 0 Å². The van der Waals surface area contributed by atoms with Crippen LogP contribution in [0.1, 0.15) is 18.1 Å². The Kier molecular flexibility index (Phi) is 9.95. The van der Waals surface area contributed by atoms with Crippen molar-refractivity contribution in [3.63, 3.8) is 0 Å². The first kappa shape index (κ1) is 22.8. The molecule has 0 fully saturated rings. The lowest BCUT2D eigenvalue weighted by atomic mass is 10.2. The number of aliphatic carboxylic acids is 2. The van der Waals surface area contributed by atoms with Crippen LogP contribution < -0.4 is 5.73 Å².